The summed E-state index contributed by atoms with van der Waals surface area (Å²) in [5, 5.41) is 10.9. The summed E-state index contributed by atoms with van der Waals surface area (Å²) in [5.74, 6) is -0.0917. The van der Waals surface area contributed by atoms with Gasteiger partial charge in [0.25, 0.3) is 0 Å². The Labute approximate surface area is 84.9 Å². The SMILES string of the molecule is NCCn1nnnc1-c1ccncc1F. The minimum absolute atomic E-state index is 0.323. The molecule has 0 atom stereocenters. The molecule has 0 aliphatic rings. The maximum absolute atomic E-state index is 13.4. The molecule has 2 aromatic heterocycles. The Morgan fingerprint density at radius 3 is 3.07 bits per heavy atom. The van der Waals surface area contributed by atoms with Crippen LogP contribution in [0.1, 0.15) is 0 Å². The number of nitrogens with two attached hydrogens (primary N) is 1. The van der Waals surface area contributed by atoms with Gasteiger partial charge in [-0.05, 0) is 16.5 Å². The fourth-order valence-electron chi connectivity index (χ4n) is 1.23. The molecule has 0 unspecified atom stereocenters. The second kappa shape index (κ2) is 4.09. The van der Waals surface area contributed by atoms with Crippen LogP contribution in [0.15, 0.2) is 18.5 Å². The van der Waals surface area contributed by atoms with E-state index in [4.69, 9.17) is 5.73 Å². The van der Waals surface area contributed by atoms with Gasteiger partial charge in [0, 0.05) is 12.7 Å². The third-order valence-corrected chi connectivity index (χ3v) is 1.89. The molecule has 0 fully saturated rings. The second-order valence-corrected chi connectivity index (χ2v) is 2.87. The van der Waals surface area contributed by atoms with Gasteiger partial charge in [-0.2, -0.15) is 0 Å². The van der Waals surface area contributed by atoms with Crippen molar-refractivity contribution in [1.82, 2.24) is 25.2 Å². The number of pyridine rings is 1. The van der Waals surface area contributed by atoms with E-state index >= 15 is 0 Å². The van der Waals surface area contributed by atoms with E-state index in [1.807, 2.05) is 0 Å². The molecule has 0 saturated heterocycles. The van der Waals surface area contributed by atoms with Crippen molar-refractivity contribution >= 4 is 0 Å². The number of aromatic nitrogens is 5. The minimum atomic E-state index is -0.453. The highest BCUT2D eigenvalue weighted by molar-refractivity contribution is 5.54. The lowest BCUT2D eigenvalue weighted by Gasteiger charge is -2.02. The molecule has 2 aromatic rings. The molecule has 0 bridgehead atoms. The Bertz CT molecular complexity index is 454. The van der Waals surface area contributed by atoms with Gasteiger partial charge in [0.1, 0.15) is 0 Å². The van der Waals surface area contributed by atoms with Crippen LogP contribution in [0, 0.1) is 5.82 Å². The van der Waals surface area contributed by atoms with Crippen molar-refractivity contribution in [1.29, 1.82) is 0 Å². The number of tetrazole rings is 1. The van der Waals surface area contributed by atoms with Crippen molar-refractivity contribution < 1.29 is 4.39 Å². The molecule has 2 rings (SSSR count). The van der Waals surface area contributed by atoms with E-state index in [1.165, 1.54) is 16.9 Å². The van der Waals surface area contributed by atoms with Crippen molar-refractivity contribution in [3.63, 3.8) is 0 Å². The molecule has 78 valence electrons. The van der Waals surface area contributed by atoms with Crippen LogP contribution in [0.4, 0.5) is 4.39 Å². The van der Waals surface area contributed by atoms with Crippen LogP contribution in [-0.2, 0) is 6.54 Å². The quantitative estimate of drug-likeness (QED) is 0.757. The molecule has 6 nitrogen and oxygen atoms in total. The van der Waals surface area contributed by atoms with E-state index in [0.29, 0.717) is 24.5 Å². The summed E-state index contributed by atoms with van der Waals surface area (Å²) in [6.07, 6.45) is 2.61. The van der Waals surface area contributed by atoms with Crippen molar-refractivity contribution in [2.45, 2.75) is 6.54 Å². The molecule has 0 aliphatic carbocycles. The predicted octanol–water partition coefficient (Wildman–Crippen LogP) is -0.167. The summed E-state index contributed by atoms with van der Waals surface area (Å²) in [6.45, 7) is 0.842. The molecule has 0 aromatic carbocycles. The normalized spacial score (nSPS) is 10.5. The van der Waals surface area contributed by atoms with Gasteiger partial charge in [0.15, 0.2) is 11.6 Å². The highest BCUT2D eigenvalue weighted by atomic mass is 19.1. The standard InChI is InChI=1S/C8H9FN6/c9-7-5-11-3-1-6(7)8-12-13-14-15(8)4-2-10/h1,3,5H,2,4,10H2. The number of hydrogen-bond donors (Lipinski definition) is 1. The molecule has 0 radical (unpaired) electrons. The molecule has 2 N–H and O–H groups in total. The lowest BCUT2D eigenvalue weighted by molar-refractivity contribution is 0.593. The Hall–Kier alpha value is -1.89. The Morgan fingerprint density at radius 2 is 2.33 bits per heavy atom. The molecule has 15 heavy (non-hydrogen) atoms. The van der Waals surface area contributed by atoms with E-state index in [9.17, 15) is 4.39 Å². The predicted molar refractivity (Wildman–Crippen MR) is 50.1 cm³/mol. The zero-order valence-corrected chi connectivity index (χ0v) is 7.84. The van der Waals surface area contributed by atoms with Crippen LogP contribution in [0.5, 0.6) is 0 Å². The molecule has 0 spiro atoms. The molecular weight excluding hydrogens is 199 g/mol. The Kier molecular flexibility index (Phi) is 2.64. The van der Waals surface area contributed by atoms with Crippen LogP contribution in [0.2, 0.25) is 0 Å². The Balaban J connectivity index is 2.45. The summed E-state index contributed by atoms with van der Waals surface area (Å²) in [4.78, 5) is 3.65. The first-order valence-corrected chi connectivity index (χ1v) is 4.39. The van der Waals surface area contributed by atoms with Crippen molar-refractivity contribution in [3.05, 3.63) is 24.3 Å². The molecule has 0 aliphatic heterocycles. The average molecular weight is 208 g/mol. The lowest BCUT2D eigenvalue weighted by Crippen LogP contribution is -2.12. The third-order valence-electron chi connectivity index (χ3n) is 1.89. The fourth-order valence-corrected chi connectivity index (χ4v) is 1.23. The maximum atomic E-state index is 13.4. The van der Waals surface area contributed by atoms with Crippen LogP contribution in [-0.4, -0.2) is 31.7 Å². The average Bonchev–Trinajstić information content (AvgIpc) is 2.67. The number of nitrogens with zero attached hydrogens (tertiary/aromatic N) is 5. The van der Waals surface area contributed by atoms with E-state index in [1.54, 1.807) is 0 Å². The fraction of sp³-hybridized carbons (Fsp3) is 0.250. The van der Waals surface area contributed by atoms with Gasteiger partial charge in [0.05, 0.1) is 18.3 Å². The summed E-state index contributed by atoms with van der Waals surface area (Å²) in [6, 6.07) is 1.52. The number of halogens is 1. The summed E-state index contributed by atoms with van der Waals surface area (Å²) in [7, 11) is 0. The largest absolute Gasteiger partial charge is 0.329 e. The maximum Gasteiger partial charge on any atom is 0.185 e. The monoisotopic (exact) mass is 208 g/mol. The molecule has 0 amide bonds. The van der Waals surface area contributed by atoms with Crippen molar-refractivity contribution in [2.24, 2.45) is 5.73 Å². The minimum Gasteiger partial charge on any atom is -0.329 e. The molecule has 2 heterocycles. The van der Waals surface area contributed by atoms with Crippen LogP contribution >= 0.6 is 0 Å². The van der Waals surface area contributed by atoms with Crippen molar-refractivity contribution in [3.8, 4) is 11.4 Å². The van der Waals surface area contributed by atoms with Crippen LogP contribution < -0.4 is 5.73 Å². The third kappa shape index (κ3) is 1.82. The van der Waals surface area contributed by atoms with Gasteiger partial charge in [-0.1, -0.05) is 0 Å². The first-order chi connectivity index (χ1) is 7.33. The first kappa shape index (κ1) is 9.66. The van der Waals surface area contributed by atoms with Crippen LogP contribution in [0.25, 0.3) is 11.4 Å². The summed E-state index contributed by atoms with van der Waals surface area (Å²) < 4.78 is 14.8. The summed E-state index contributed by atoms with van der Waals surface area (Å²) >= 11 is 0. The summed E-state index contributed by atoms with van der Waals surface area (Å²) in [5.41, 5.74) is 5.70. The Morgan fingerprint density at radius 1 is 1.47 bits per heavy atom. The van der Waals surface area contributed by atoms with E-state index in [-0.39, 0.29) is 0 Å². The van der Waals surface area contributed by atoms with Gasteiger partial charge in [-0.3, -0.25) is 4.98 Å². The first-order valence-electron chi connectivity index (χ1n) is 4.39. The highest BCUT2D eigenvalue weighted by Crippen LogP contribution is 2.17. The van der Waals surface area contributed by atoms with E-state index in [0.717, 1.165) is 6.20 Å². The van der Waals surface area contributed by atoms with Gasteiger partial charge in [0.2, 0.25) is 0 Å². The number of rotatable bonds is 3. The molecular formula is C8H9FN6. The zero-order chi connectivity index (χ0) is 10.7. The highest BCUT2D eigenvalue weighted by Gasteiger charge is 2.12. The lowest BCUT2D eigenvalue weighted by atomic mass is 10.2. The van der Waals surface area contributed by atoms with Gasteiger partial charge in [-0.15, -0.1) is 5.10 Å². The smallest absolute Gasteiger partial charge is 0.185 e. The zero-order valence-electron chi connectivity index (χ0n) is 7.84. The van der Waals surface area contributed by atoms with E-state index < -0.39 is 5.82 Å². The molecule has 7 heteroatoms. The molecule has 0 saturated carbocycles. The van der Waals surface area contributed by atoms with Gasteiger partial charge in [-0.25, -0.2) is 9.07 Å². The van der Waals surface area contributed by atoms with Gasteiger partial charge < -0.3 is 5.73 Å². The van der Waals surface area contributed by atoms with Gasteiger partial charge >= 0.3 is 0 Å². The van der Waals surface area contributed by atoms with Crippen molar-refractivity contribution in [2.75, 3.05) is 6.54 Å². The second-order valence-electron chi connectivity index (χ2n) is 2.87. The van der Waals surface area contributed by atoms with E-state index in [2.05, 4.69) is 20.5 Å². The number of hydrogen-bond acceptors (Lipinski definition) is 5. The van der Waals surface area contributed by atoms with Crippen LogP contribution in [0.3, 0.4) is 0 Å². The topological polar surface area (TPSA) is 82.5 Å².